The number of halogens is 1. The van der Waals surface area contributed by atoms with Crippen LogP contribution in [0.4, 0.5) is 4.79 Å². The fourth-order valence-corrected chi connectivity index (χ4v) is 3.79. The van der Waals surface area contributed by atoms with E-state index in [0.717, 1.165) is 4.47 Å². The molecule has 2 aliphatic rings. The van der Waals surface area contributed by atoms with Crippen LogP contribution in [0.15, 0.2) is 22.7 Å². The monoisotopic (exact) mass is 367 g/mol. The van der Waals surface area contributed by atoms with E-state index in [-0.39, 0.29) is 17.6 Å². The molecule has 2 unspecified atom stereocenters. The Hall–Kier alpha value is -1.07. The van der Waals surface area contributed by atoms with Crippen LogP contribution in [0.25, 0.3) is 0 Å². The zero-order valence-corrected chi connectivity index (χ0v) is 15.1. The molecule has 120 valence electrons. The minimum absolute atomic E-state index is 0.182. The molecule has 0 radical (unpaired) electrons. The zero-order chi connectivity index (χ0) is 16.1. The second kappa shape index (κ2) is 5.24. The van der Waals surface area contributed by atoms with Crippen molar-refractivity contribution in [1.82, 2.24) is 4.90 Å². The van der Waals surface area contributed by atoms with Crippen molar-refractivity contribution >= 4 is 22.0 Å². The second-order valence-corrected chi connectivity index (χ2v) is 8.18. The van der Waals surface area contributed by atoms with Crippen molar-refractivity contribution in [1.29, 1.82) is 0 Å². The van der Waals surface area contributed by atoms with Crippen LogP contribution in [0.3, 0.4) is 0 Å². The first-order chi connectivity index (χ1) is 10.2. The lowest BCUT2D eigenvalue weighted by atomic mass is 9.82. The maximum atomic E-state index is 12.4. The van der Waals surface area contributed by atoms with E-state index in [1.54, 1.807) is 4.90 Å². The third-order valence-corrected chi connectivity index (χ3v) is 5.12. The van der Waals surface area contributed by atoms with Gasteiger partial charge in [0.1, 0.15) is 5.60 Å². The Kier molecular flexibility index (Phi) is 3.76. The molecule has 0 bridgehead atoms. The third kappa shape index (κ3) is 2.76. The molecule has 0 saturated carbocycles. The first kappa shape index (κ1) is 15.8. The Morgan fingerprint density at radius 2 is 2.18 bits per heavy atom. The van der Waals surface area contributed by atoms with Gasteiger partial charge in [-0.1, -0.05) is 28.1 Å². The smallest absolute Gasteiger partial charge is 0.410 e. The van der Waals surface area contributed by atoms with Crippen LogP contribution in [0.1, 0.15) is 44.7 Å². The number of fused-ring (bicyclic) bond motifs is 3. The molecule has 3 rings (SSSR count). The Morgan fingerprint density at radius 3 is 2.86 bits per heavy atom. The normalized spacial score (nSPS) is 27.3. The lowest BCUT2D eigenvalue weighted by Crippen LogP contribution is -2.41. The van der Waals surface area contributed by atoms with E-state index < -0.39 is 5.60 Å². The van der Waals surface area contributed by atoms with Crippen molar-refractivity contribution in [2.45, 2.75) is 51.4 Å². The largest absolute Gasteiger partial charge is 0.444 e. The summed E-state index contributed by atoms with van der Waals surface area (Å²) >= 11 is 3.60. The Morgan fingerprint density at radius 1 is 1.45 bits per heavy atom. The molecule has 2 heterocycles. The average Bonchev–Trinajstić information content (AvgIpc) is 2.75. The number of hydrogen-bond acceptors (Lipinski definition) is 3. The number of likely N-dealkylation sites (tertiary alicyclic amines) is 1. The summed E-state index contributed by atoms with van der Waals surface area (Å²) < 4.78 is 12.7. The van der Waals surface area contributed by atoms with Gasteiger partial charge in [0, 0.05) is 16.9 Å². The molecule has 2 atom stereocenters. The fourth-order valence-electron chi connectivity index (χ4n) is 3.30. The van der Waals surface area contributed by atoms with Gasteiger partial charge in [0.05, 0.1) is 18.8 Å². The molecule has 1 aromatic carbocycles. The second-order valence-electron chi connectivity index (χ2n) is 7.32. The lowest BCUT2D eigenvalue weighted by Gasteiger charge is -2.37. The highest BCUT2D eigenvalue weighted by Crippen LogP contribution is 2.45. The molecule has 22 heavy (non-hydrogen) atoms. The topological polar surface area (TPSA) is 38.8 Å². The van der Waals surface area contributed by atoms with E-state index in [1.807, 2.05) is 32.9 Å². The number of nitrogens with zero attached hydrogens (tertiary/aromatic N) is 1. The SMILES string of the molecule is CC(C)(C)OC(=O)N1CC2c3cccc(Br)c3COC2(C)C1. The maximum absolute atomic E-state index is 12.4. The zero-order valence-electron chi connectivity index (χ0n) is 13.5. The van der Waals surface area contributed by atoms with Crippen LogP contribution in [0, 0.1) is 0 Å². The number of rotatable bonds is 0. The minimum Gasteiger partial charge on any atom is -0.444 e. The van der Waals surface area contributed by atoms with Gasteiger partial charge < -0.3 is 14.4 Å². The van der Waals surface area contributed by atoms with Crippen LogP contribution in [-0.2, 0) is 16.1 Å². The lowest BCUT2D eigenvalue weighted by molar-refractivity contribution is -0.0577. The number of hydrogen-bond donors (Lipinski definition) is 0. The van der Waals surface area contributed by atoms with Gasteiger partial charge in [-0.3, -0.25) is 0 Å². The van der Waals surface area contributed by atoms with Crippen molar-refractivity contribution < 1.29 is 14.3 Å². The van der Waals surface area contributed by atoms with Gasteiger partial charge >= 0.3 is 6.09 Å². The van der Waals surface area contributed by atoms with Crippen molar-refractivity contribution in [2.75, 3.05) is 13.1 Å². The van der Waals surface area contributed by atoms with Gasteiger partial charge in [-0.2, -0.15) is 0 Å². The summed E-state index contributed by atoms with van der Waals surface area (Å²) in [5.41, 5.74) is 1.64. The van der Waals surface area contributed by atoms with Crippen molar-refractivity contribution in [3.8, 4) is 0 Å². The summed E-state index contributed by atoms with van der Waals surface area (Å²) in [6.07, 6.45) is -0.261. The van der Waals surface area contributed by atoms with Crippen LogP contribution in [-0.4, -0.2) is 35.3 Å². The first-order valence-electron chi connectivity index (χ1n) is 7.59. The maximum Gasteiger partial charge on any atom is 0.410 e. The van der Waals surface area contributed by atoms with Gasteiger partial charge in [0.2, 0.25) is 0 Å². The van der Waals surface area contributed by atoms with Gasteiger partial charge in [0.15, 0.2) is 0 Å². The van der Waals surface area contributed by atoms with E-state index in [0.29, 0.717) is 19.7 Å². The Balaban J connectivity index is 1.86. The van der Waals surface area contributed by atoms with Crippen molar-refractivity contribution in [2.24, 2.45) is 0 Å². The highest BCUT2D eigenvalue weighted by Gasteiger charge is 2.50. The Bertz CT molecular complexity index is 610. The molecule has 2 aliphatic heterocycles. The molecule has 1 saturated heterocycles. The van der Waals surface area contributed by atoms with Gasteiger partial charge in [-0.05, 0) is 44.9 Å². The molecule has 5 heteroatoms. The number of benzene rings is 1. The summed E-state index contributed by atoms with van der Waals surface area (Å²) in [4.78, 5) is 14.1. The number of ether oxygens (including phenoxy) is 2. The standard InChI is InChI=1S/C17H22BrNO3/c1-16(2,3)22-15(20)19-8-13-11-6-5-7-14(18)12(11)9-21-17(13,4)10-19/h5-7,13H,8-10H2,1-4H3. The summed E-state index contributed by atoms with van der Waals surface area (Å²) in [5.74, 6) is 0.182. The summed E-state index contributed by atoms with van der Waals surface area (Å²) in [7, 11) is 0. The number of carbonyl (C=O) groups is 1. The molecule has 0 spiro atoms. The van der Waals surface area contributed by atoms with E-state index in [1.165, 1.54) is 11.1 Å². The van der Waals surface area contributed by atoms with Crippen molar-refractivity contribution in [3.63, 3.8) is 0 Å². The average molecular weight is 368 g/mol. The number of carbonyl (C=O) groups excluding carboxylic acids is 1. The van der Waals surface area contributed by atoms with Crippen LogP contribution < -0.4 is 0 Å². The highest BCUT2D eigenvalue weighted by atomic mass is 79.9. The van der Waals surface area contributed by atoms with Crippen LogP contribution in [0.5, 0.6) is 0 Å². The van der Waals surface area contributed by atoms with Gasteiger partial charge in [-0.25, -0.2) is 4.79 Å². The minimum atomic E-state index is -0.479. The summed E-state index contributed by atoms with van der Waals surface area (Å²) in [6, 6.07) is 6.22. The molecular formula is C17H22BrNO3. The predicted octanol–water partition coefficient (Wildman–Crippen LogP) is 4.07. The quantitative estimate of drug-likeness (QED) is 0.693. The van der Waals surface area contributed by atoms with Gasteiger partial charge in [-0.15, -0.1) is 0 Å². The molecule has 1 amide bonds. The molecule has 0 N–H and O–H groups in total. The molecule has 4 nitrogen and oxygen atoms in total. The number of amides is 1. The summed E-state index contributed by atoms with van der Waals surface area (Å²) in [6.45, 7) is 9.53. The molecule has 1 fully saturated rings. The van der Waals surface area contributed by atoms with Gasteiger partial charge in [0.25, 0.3) is 0 Å². The first-order valence-corrected chi connectivity index (χ1v) is 8.38. The van der Waals surface area contributed by atoms with Crippen LogP contribution >= 0.6 is 15.9 Å². The predicted molar refractivity (Wildman–Crippen MR) is 87.9 cm³/mol. The fraction of sp³-hybridized carbons (Fsp3) is 0.588. The molecule has 1 aromatic rings. The summed E-state index contributed by atoms with van der Waals surface area (Å²) in [5, 5.41) is 0. The van der Waals surface area contributed by atoms with E-state index in [9.17, 15) is 4.79 Å². The van der Waals surface area contributed by atoms with Crippen molar-refractivity contribution in [3.05, 3.63) is 33.8 Å². The highest BCUT2D eigenvalue weighted by molar-refractivity contribution is 9.10. The molecular weight excluding hydrogens is 346 g/mol. The van der Waals surface area contributed by atoms with E-state index in [2.05, 4.69) is 28.9 Å². The third-order valence-electron chi connectivity index (χ3n) is 4.37. The molecule has 0 aromatic heterocycles. The van der Waals surface area contributed by atoms with E-state index in [4.69, 9.17) is 9.47 Å². The van der Waals surface area contributed by atoms with E-state index >= 15 is 0 Å². The Labute approximate surface area is 139 Å². The molecule has 0 aliphatic carbocycles. The van der Waals surface area contributed by atoms with Crippen LogP contribution in [0.2, 0.25) is 0 Å².